The van der Waals surface area contributed by atoms with E-state index >= 15 is 0 Å². The fraction of sp³-hybridized carbons (Fsp3) is 0.818. The van der Waals surface area contributed by atoms with Crippen molar-refractivity contribution in [1.82, 2.24) is 10.2 Å². The predicted molar refractivity (Wildman–Crippen MR) is 111 cm³/mol. The average Bonchev–Trinajstić information content (AvgIpc) is 3.07. The van der Waals surface area contributed by atoms with Crippen LogP contribution in [0.1, 0.15) is 104 Å². The Bertz CT molecular complexity index is 349. The number of rotatable bonds is 16. The van der Waals surface area contributed by atoms with Crippen LogP contribution >= 0.6 is 0 Å². The van der Waals surface area contributed by atoms with Crippen molar-refractivity contribution in [2.45, 2.75) is 116 Å². The van der Waals surface area contributed by atoms with Gasteiger partial charge in [0.1, 0.15) is 0 Å². The van der Waals surface area contributed by atoms with Crippen LogP contribution in [0, 0.1) is 0 Å². The van der Waals surface area contributed by atoms with E-state index in [0.29, 0.717) is 6.17 Å². The molecule has 146 valence electrons. The molecular weight excluding hydrogens is 306 g/mol. The zero-order valence-corrected chi connectivity index (χ0v) is 16.9. The summed E-state index contributed by atoms with van der Waals surface area (Å²) >= 11 is 0. The number of nitrogens with one attached hydrogen (secondary N) is 1. The molecule has 0 aromatic heterocycles. The quantitative estimate of drug-likeness (QED) is 0.264. The topological polar surface area (TPSA) is 41.3 Å². The van der Waals surface area contributed by atoms with E-state index in [9.17, 15) is 0 Å². The summed E-state index contributed by atoms with van der Waals surface area (Å²) < 4.78 is 0. The summed E-state index contributed by atoms with van der Waals surface area (Å²) in [7, 11) is 0. The summed E-state index contributed by atoms with van der Waals surface area (Å²) in [4.78, 5) is 2.22. The van der Waals surface area contributed by atoms with Gasteiger partial charge in [0, 0.05) is 12.4 Å². The van der Waals surface area contributed by atoms with Crippen molar-refractivity contribution in [2.75, 3.05) is 0 Å². The first-order valence-corrected chi connectivity index (χ1v) is 10.9. The van der Waals surface area contributed by atoms with Gasteiger partial charge in [-0.1, -0.05) is 76.9 Å². The third-order valence-corrected chi connectivity index (χ3v) is 5.09. The van der Waals surface area contributed by atoms with Crippen LogP contribution in [0.5, 0.6) is 0 Å². The Morgan fingerprint density at radius 1 is 0.920 bits per heavy atom. The summed E-state index contributed by atoms with van der Waals surface area (Å²) in [5.74, 6) is 0. The second kappa shape index (κ2) is 15.3. The van der Waals surface area contributed by atoms with E-state index in [-0.39, 0.29) is 6.17 Å². The Morgan fingerprint density at radius 2 is 1.48 bits per heavy atom. The second-order valence-corrected chi connectivity index (χ2v) is 7.56. The van der Waals surface area contributed by atoms with E-state index in [1.165, 1.54) is 89.9 Å². The molecule has 0 aliphatic carbocycles. The van der Waals surface area contributed by atoms with E-state index in [4.69, 9.17) is 5.73 Å². The maximum absolute atomic E-state index is 5.98. The summed E-state index contributed by atoms with van der Waals surface area (Å²) in [6, 6.07) is 0. The summed E-state index contributed by atoms with van der Waals surface area (Å²) in [5, 5.41) is 3.40. The van der Waals surface area contributed by atoms with Crippen LogP contribution < -0.4 is 11.1 Å². The number of hydrogen-bond donors (Lipinski definition) is 2. The smallest absolute Gasteiger partial charge is 0.0995 e. The fourth-order valence-electron chi connectivity index (χ4n) is 3.50. The summed E-state index contributed by atoms with van der Waals surface area (Å²) in [6.07, 6.45) is 28.3. The lowest BCUT2D eigenvalue weighted by atomic mass is 10.0. The molecule has 0 saturated heterocycles. The van der Waals surface area contributed by atoms with E-state index in [1.807, 2.05) is 13.1 Å². The van der Waals surface area contributed by atoms with E-state index < -0.39 is 0 Å². The molecule has 0 spiro atoms. The van der Waals surface area contributed by atoms with E-state index in [1.54, 1.807) is 0 Å². The van der Waals surface area contributed by atoms with Gasteiger partial charge in [-0.3, -0.25) is 0 Å². The van der Waals surface area contributed by atoms with Gasteiger partial charge in [0.05, 0.1) is 12.3 Å². The van der Waals surface area contributed by atoms with Crippen molar-refractivity contribution >= 4 is 0 Å². The molecule has 2 atom stereocenters. The molecule has 25 heavy (non-hydrogen) atoms. The Morgan fingerprint density at radius 3 is 2.08 bits per heavy atom. The van der Waals surface area contributed by atoms with Crippen molar-refractivity contribution in [3.05, 3.63) is 24.6 Å². The van der Waals surface area contributed by atoms with E-state index in [0.717, 1.165) is 0 Å². The predicted octanol–water partition coefficient (Wildman–Crippen LogP) is 6.03. The largest absolute Gasteiger partial charge is 0.370 e. The zero-order chi connectivity index (χ0) is 18.2. The molecule has 3 N–H and O–H groups in total. The highest BCUT2D eigenvalue weighted by molar-refractivity contribution is 4.95. The van der Waals surface area contributed by atoms with Crippen LogP contribution in [-0.4, -0.2) is 17.2 Å². The zero-order valence-electron chi connectivity index (χ0n) is 16.9. The first-order chi connectivity index (χ1) is 12.3. The number of allylic oxidation sites excluding steroid dienone is 2. The molecule has 0 saturated carbocycles. The Labute approximate surface area is 157 Å². The molecule has 0 amide bonds. The molecule has 0 aromatic rings. The van der Waals surface area contributed by atoms with Crippen LogP contribution in [0.4, 0.5) is 0 Å². The van der Waals surface area contributed by atoms with Crippen LogP contribution in [0.25, 0.3) is 0 Å². The van der Waals surface area contributed by atoms with Gasteiger partial charge >= 0.3 is 0 Å². The lowest BCUT2D eigenvalue weighted by Crippen LogP contribution is -2.44. The van der Waals surface area contributed by atoms with E-state index in [2.05, 4.69) is 35.5 Å². The highest BCUT2D eigenvalue weighted by Gasteiger charge is 2.20. The van der Waals surface area contributed by atoms with Crippen molar-refractivity contribution in [3.8, 4) is 0 Å². The molecular formula is C22H43N3. The molecule has 3 heteroatoms. The van der Waals surface area contributed by atoms with Crippen molar-refractivity contribution in [2.24, 2.45) is 5.73 Å². The van der Waals surface area contributed by atoms with Gasteiger partial charge in [0.15, 0.2) is 0 Å². The number of nitrogens with two attached hydrogens (primary N) is 1. The van der Waals surface area contributed by atoms with Gasteiger partial charge in [0.2, 0.25) is 0 Å². The lowest BCUT2D eigenvalue weighted by Gasteiger charge is -2.28. The molecule has 0 fully saturated rings. The monoisotopic (exact) mass is 349 g/mol. The standard InChI is InChI=1S/C22H43N3/c1-3-4-5-6-7-8-9-10-11-12-13-14-15-16-17-18-22-24-19-20-25(22)21(2)23/h5-6,19-22,24H,3-4,7-18,23H2,1-2H3/b6-5+. The highest BCUT2D eigenvalue weighted by Crippen LogP contribution is 2.16. The molecule has 1 aliphatic rings. The minimum atomic E-state index is 0.101. The Kier molecular flexibility index (Phi) is 13.5. The minimum Gasteiger partial charge on any atom is -0.370 e. The van der Waals surface area contributed by atoms with Crippen LogP contribution in [0.15, 0.2) is 24.6 Å². The van der Waals surface area contributed by atoms with Gasteiger partial charge < -0.3 is 16.0 Å². The molecule has 1 rings (SSSR count). The first kappa shape index (κ1) is 22.1. The van der Waals surface area contributed by atoms with Gasteiger partial charge in [-0.2, -0.15) is 0 Å². The molecule has 1 aliphatic heterocycles. The third-order valence-electron chi connectivity index (χ3n) is 5.09. The Balaban J connectivity index is 1.79. The first-order valence-electron chi connectivity index (χ1n) is 10.9. The van der Waals surface area contributed by atoms with Crippen LogP contribution in [0.3, 0.4) is 0 Å². The molecule has 0 bridgehead atoms. The number of nitrogens with zero attached hydrogens (tertiary/aromatic N) is 1. The maximum Gasteiger partial charge on any atom is 0.0995 e. The molecule has 0 radical (unpaired) electrons. The fourth-order valence-corrected chi connectivity index (χ4v) is 3.50. The normalized spacial score (nSPS) is 18.2. The maximum atomic E-state index is 5.98. The van der Waals surface area contributed by atoms with Gasteiger partial charge in [-0.15, -0.1) is 0 Å². The highest BCUT2D eigenvalue weighted by atomic mass is 15.3. The van der Waals surface area contributed by atoms with Crippen LogP contribution in [0.2, 0.25) is 0 Å². The molecule has 2 unspecified atom stereocenters. The van der Waals surface area contributed by atoms with Gasteiger partial charge in [0.25, 0.3) is 0 Å². The van der Waals surface area contributed by atoms with Gasteiger partial charge in [-0.05, 0) is 39.0 Å². The second-order valence-electron chi connectivity index (χ2n) is 7.56. The molecule has 3 nitrogen and oxygen atoms in total. The van der Waals surface area contributed by atoms with Crippen molar-refractivity contribution < 1.29 is 0 Å². The minimum absolute atomic E-state index is 0.101. The summed E-state index contributed by atoms with van der Waals surface area (Å²) in [6.45, 7) is 4.29. The Hall–Kier alpha value is -0.960. The molecule has 0 aromatic carbocycles. The van der Waals surface area contributed by atoms with Crippen LogP contribution in [-0.2, 0) is 0 Å². The SMILES string of the molecule is CCC/C=C/CCCCCCCCCCCCC1NC=CN1C(C)N. The third kappa shape index (κ3) is 11.3. The molecule has 1 heterocycles. The van der Waals surface area contributed by atoms with Crippen molar-refractivity contribution in [1.29, 1.82) is 0 Å². The van der Waals surface area contributed by atoms with Crippen molar-refractivity contribution in [3.63, 3.8) is 0 Å². The average molecular weight is 350 g/mol. The lowest BCUT2D eigenvalue weighted by molar-refractivity contribution is 0.208. The number of unbranched alkanes of at least 4 members (excludes halogenated alkanes) is 11. The van der Waals surface area contributed by atoms with Gasteiger partial charge in [-0.25, -0.2) is 0 Å². The number of hydrogen-bond acceptors (Lipinski definition) is 3. The summed E-state index contributed by atoms with van der Waals surface area (Å²) in [5.41, 5.74) is 5.98.